The Morgan fingerprint density at radius 1 is 1.29 bits per heavy atom. The van der Waals surface area contributed by atoms with E-state index in [1.807, 2.05) is 6.07 Å². The monoisotopic (exact) mass is 244 g/mol. The summed E-state index contributed by atoms with van der Waals surface area (Å²) in [6.45, 7) is 0. The van der Waals surface area contributed by atoms with E-state index in [0.29, 0.717) is 16.4 Å². The molecule has 4 nitrogen and oxygen atoms in total. The first-order valence-corrected chi connectivity index (χ1v) is 5.25. The molecule has 84 valence electrons. The molecule has 2 aromatic rings. The summed E-state index contributed by atoms with van der Waals surface area (Å²) in [6.07, 6.45) is 1.61. The number of nitriles is 1. The number of halogens is 1. The van der Waals surface area contributed by atoms with Crippen molar-refractivity contribution in [3.63, 3.8) is 0 Å². The average molecular weight is 245 g/mol. The van der Waals surface area contributed by atoms with E-state index in [4.69, 9.17) is 22.6 Å². The summed E-state index contributed by atoms with van der Waals surface area (Å²) in [5.41, 5.74) is 7.51. The van der Waals surface area contributed by atoms with Crippen LogP contribution >= 0.6 is 11.6 Å². The van der Waals surface area contributed by atoms with E-state index >= 15 is 0 Å². The highest BCUT2D eigenvalue weighted by molar-refractivity contribution is 6.33. The second-order valence-electron chi connectivity index (χ2n) is 3.40. The Bertz CT molecular complexity index is 572. The summed E-state index contributed by atoms with van der Waals surface area (Å²) in [5, 5.41) is 12.3. The predicted molar refractivity (Wildman–Crippen MR) is 68.1 cm³/mol. The number of pyridine rings is 1. The van der Waals surface area contributed by atoms with Gasteiger partial charge in [0.25, 0.3) is 0 Å². The highest BCUT2D eigenvalue weighted by Gasteiger charge is 2.02. The van der Waals surface area contributed by atoms with Crippen molar-refractivity contribution in [2.75, 3.05) is 11.1 Å². The predicted octanol–water partition coefficient (Wildman–Crippen LogP) is 2.93. The Labute approximate surface area is 104 Å². The molecule has 0 saturated carbocycles. The van der Waals surface area contributed by atoms with Crippen LogP contribution in [0.25, 0.3) is 0 Å². The van der Waals surface area contributed by atoms with Gasteiger partial charge in [0.05, 0.1) is 34.2 Å². The minimum absolute atomic E-state index is 0.460. The van der Waals surface area contributed by atoms with Gasteiger partial charge in [-0.1, -0.05) is 11.6 Å². The Balaban J connectivity index is 2.25. The molecule has 0 aliphatic carbocycles. The van der Waals surface area contributed by atoms with Crippen LogP contribution in [0.15, 0.2) is 36.5 Å². The van der Waals surface area contributed by atoms with Crippen molar-refractivity contribution in [1.29, 1.82) is 5.26 Å². The van der Waals surface area contributed by atoms with Crippen molar-refractivity contribution in [3.05, 3.63) is 47.1 Å². The molecule has 17 heavy (non-hydrogen) atoms. The van der Waals surface area contributed by atoms with Crippen LogP contribution in [0.4, 0.5) is 17.2 Å². The summed E-state index contributed by atoms with van der Waals surface area (Å²) in [4.78, 5) is 3.96. The van der Waals surface area contributed by atoms with Gasteiger partial charge in [-0.25, -0.2) is 4.98 Å². The molecule has 0 bridgehead atoms. The highest BCUT2D eigenvalue weighted by Crippen LogP contribution is 2.26. The van der Waals surface area contributed by atoms with E-state index in [9.17, 15) is 0 Å². The molecule has 0 radical (unpaired) electrons. The number of nitrogens with one attached hydrogen (secondary N) is 1. The Morgan fingerprint density at radius 2 is 2.12 bits per heavy atom. The molecule has 5 heteroatoms. The topological polar surface area (TPSA) is 74.7 Å². The fourth-order valence-corrected chi connectivity index (χ4v) is 1.55. The van der Waals surface area contributed by atoms with Crippen LogP contribution in [-0.2, 0) is 0 Å². The quantitative estimate of drug-likeness (QED) is 0.852. The SMILES string of the molecule is N#Cc1ccc(Nc2ccc(N)nc2)c(Cl)c1. The molecular formula is C12H9ClN4. The van der Waals surface area contributed by atoms with Gasteiger partial charge in [-0.05, 0) is 30.3 Å². The fraction of sp³-hybridized carbons (Fsp3) is 0. The molecule has 0 unspecified atom stereocenters. The van der Waals surface area contributed by atoms with E-state index in [0.717, 1.165) is 11.4 Å². The van der Waals surface area contributed by atoms with Gasteiger partial charge in [0, 0.05) is 0 Å². The second kappa shape index (κ2) is 4.73. The zero-order valence-corrected chi connectivity index (χ0v) is 9.57. The minimum Gasteiger partial charge on any atom is -0.384 e. The third-order valence-electron chi connectivity index (χ3n) is 2.16. The lowest BCUT2D eigenvalue weighted by atomic mass is 10.2. The number of nitrogens with two attached hydrogens (primary N) is 1. The number of benzene rings is 1. The smallest absolute Gasteiger partial charge is 0.123 e. The van der Waals surface area contributed by atoms with Crippen molar-refractivity contribution in [2.45, 2.75) is 0 Å². The fourth-order valence-electron chi connectivity index (χ4n) is 1.32. The van der Waals surface area contributed by atoms with Crippen LogP contribution < -0.4 is 11.1 Å². The molecule has 0 saturated heterocycles. The molecular weight excluding hydrogens is 236 g/mol. The van der Waals surface area contributed by atoms with E-state index in [2.05, 4.69) is 10.3 Å². The van der Waals surface area contributed by atoms with Crippen LogP contribution in [0.5, 0.6) is 0 Å². The minimum atomic E-state index is 0.460. The van der Waals surface area contributed by atoms with Gasteiger partial charge in [0.2, 0.25) is 0 Å². The van der Waals surface area contributed by atoms with E-state index < -0.39 is 0 Å². The zero-order chi connectivity index (χ0) is 12.3. The van der Waals surface area contributed by atoms with Crippen LogP contribution in [0, 0.1) is 11.3 Å². The number of nitrogens with zero attached hydrogens (tertiary/aromatic N) is 2. The number of hydrogen-bond donors (Lipinski definition) is 2. The lowest BCUT2D eigenvalue weighted by molar-refractivity contribution is 1.33. The van der Waals surface area contributed by atoms with Gasteiger partial charge in [-0.15, -0.1) is 0 Å². The van der Waals surface area contributed by atoms with Gasteiger partial charge < -0.3 is 11.1 Å². The standard InChI is InChI=1S/C12H9ClN4/c13-10-5-8(6-14)1-3-11(10)17-9-2-4-12(15)16-7-9/h1-5,7,17H,(H2,15,16). The van der Waals surface area contributed by atoms with E-state index in [1.54, 1.807) is 36.5 Å². The molecule has 0 aliphatic rings. The maximum atomic E-state index is 8.72. The average Bonchev–Trinajstić information content (AvgIpc) is 2.34. The summed E-state index contributed by atoms with van der Waals surface area (Å²) in [5.74, 6) is 0.460. The summed E-state index contributed by atoms with van der Waals surface area (Å²) in [7, 11) is 0. The lowest BCUT2D eigenvalue weighted by Gasteiger charge is -2.08. The molecule has 0 aliphatic heterocycles. The van der Waals surface area contributed by atoms with Gasteiger partial charge in [-0.3, -0.25) is 0 Å². The molecule has 1 heterocycles. The second-order valence-corrected chi connectivity index (χ2v) is 3.81. The molecule has 0 amide bonds. The van der Waals surface area contributed by atoms with Crippen molar-refractivity contribution in [1.82, 2.24) is 4.98 Å². The highest BCUT2D eigenvalue weighted by atomic mass is 35.5. The summed E-state index contributed by atoms with van der Waals surface area (Å²) >= 11 is 6.03. The van der Waals surface area contributed by atoms with Gasteiger partial charge >= 0.3 is 0 Å². The number of rotatable bonds is 2. The Kier molecular flexibility index (Phi) is 3.12. The Morgan fingerprint density at radius 3 is 2.71 bits per heavy atom. The van der Waals surface area contributed by atoms with E-state index in [1.165, 1.54) is 0 Å². The van der Waals surface area contributed by atoms with Crippen molar-refractivity contribution >= 4 is 28.8 Å². The van der Waals surface area contributed by atoms with Crippen molar-refractivity contribution in [3.8, 4) is 6.07 Å². The normalized spacial score (nSPS) is 9.65. The Hall–Kier alpha value is -2.25. The molecule has 0 fully saturated rings. The van der Waals surface area contributed by atoms with Crippen LogP contribution in [-0.4, -0.2) is 4.98 Å². The third kappa shape index (κ3) is 2.65. The number of hydrogen-bond acceptors (Lipinski definition) is 4. The number of nitrogen functional groups attached to an aromatic ring is 1. The van der Waals surface area contributed by atoms with Crippen molar-refractivity contribution in [2.24, 2.45) is 0 Å². The third-order valence-corrected chi connectivity index (χ3v) is 2.48. The molecule has 0 atom stereocenters. The zero-order valence-electron chi connectivity index (χ0n) is 8.81. The molecule has 2 rings (SSSR count). The van der Waals surface area contributed by atoms with Gasteiger partial charge in [-0.2, -0.15) is 5.26 Å². The van der Waals surface area contributed by atoms with Crippen LogP contribution in [0.2, 0.25) is 5.02 Å². The van der Waals surface area contributed by atoms with Crippen molar-refractivity contribution < 1.29 is 0 Å². The first-order valence-electron chi connectivity index (χ1n) is 4.87. The number of anilines is 3. The molecule has 1 aromatic carbocycles. The van der Waals surface area contributed by atoms with E-state index in [-0.39, 0.29) is 0 Å². The van der Waals surface area contributed by atoms with Gasteiger partial charge in [0.15, 0.2) is 0 Å². The molecule has 3 N–H and O–H groups in total. The largest absolute Gasteiger partial charge is 0.384 e. The molecule has 0 spiro atoms. The lowest BCUT2D eigenvalue weighted by Crippen LogP contribution is -1.94. The summed E-state index contributed by atoms with van der Waals surface area (Å²) in [6, 6.07) is 10.6. The maximum absolute atomic E-state index is 8.72. The van der Waals surface area contributed by atoms with Gasteiger partial charge in [0.1, 0.15) is 5.82 Å². The van der Waals surface area contributed by atoms with Crippen LogP contribution in [0.3, 0.4) is 0 Å². The molecule has 1 aromatic heterocycles. The number of aromatic nitrogens is 1. The van der Waals surface area contributed by atoms with Crippen LogP contribution in [0.1, 0.15) is 5.56 Å². The maximum Gasteiger partial charge on any atom is 0.123 e. The first kappa shape index (κ1) is 11.2. The first-order chi connectivity index (χ1) is 8.19. The summed E-state index contributed by atoms with van der Waals surface area (Å²) < 4.78 is 0.